The number of unbranched alkanes of at least 4 members (excludes halogenated alkanes) is 7. The predicted molar refractivity (Wildman–Crippen MR) is 96.4 cm³/mol. The van der Waals surface area contributed by atoms with Gasteiger partial charge in [-0.15, -0.1) is 0 Å². The highest BCUT2D eigenvalue weighted by molar-refractivity contribution is 5.75. The zero-order valence-electron chi connectivity index (χ0n) is 14.5. The van der Waals surface area contributed by atoms with E-state index in [1.807, 2.05) is 0 Å². The lowest BCUT2D eigenvalue weighted by molar-refractivity contribution is 0.607. The normalized spacial score (nSPS) is 11.4. The number of aromatic amines is 1. The molecular weight excluding hydrogens is 268 g/mol. The van der Waals surface area contributed by atoms with Crippen LogP contribution < -0.4 is 0 Å². The van der Waals surface area contributed by atoms with Gasteiger partial charge >= 0.3 is 0 Å². The van der Waals surface area contributed by atoms with E-state index in [9.17, 15) is 0 Å². The molecule has 0 fully saturated rings. The van der Waals surface area contributed by atoms with Crippen LogP contribution in [0.5, 0.6) is 0 Å². The SMILES string of the molecule is CCCCCCCCc1ccc2nc(CCCCC)[nH]c2c1. The molecule has 0 atom stereocenters. The van der Waals surface area contributed by atoms with E-state index in [0.29, 0.717) is 0 Å². The van der Waals surface area contributed by atoms with Crippen molar-refractivity contribution < 1.29 is 0 Å². The Morgan fingerprint density at radius 1 is 0.818 bits per heavy atom. The van der Waals surface area contributed by atoms with Gasteiger partial charge in [-0.3, -0.25) is 0 Å². The Labute approximate surface area is 135 Å². The van der Waals surface area contributed by atoms with Crippen LogP contribution in [-0.4, -0.2) is 9.97 Å². The average molecular weight is 300 g/mol. The minimum absolute atomic E-state index is 1.08. The Bertz CT molecular complexity index is 542. The Morgan fingerprint density at radius 3 is 2.32 bits per heavy atom. The molecule has 0 spiro atoms. The number of hydrogen-bond acceptors (Lipinski definition) is 1. The Morgan fingerprint density at radius 2 is 1.50 bits per heavy atom. The monoisotopic (exact) mass is 300 g/mol. The number of aryl methyl sites for hydroxylation is 2. The summed E-state index contributed by atoms with van der Waals surface area (Å²) < 4.78 is 0. The van der Waals surface area contributed by atoms with Crippen LogP contribution in [0.2, 0.25) is 0 Å². The maximum absolute atomic E-state index is 4.70. The van der Waals surface area contributed by atoms with Gasteiger partial charge in [0.05, 0.1) is 11.0 Å². The van der Waals surface area contributed by atoms with Gasteiger partial charge in [-0.2, -0.15) is 0 Å². The molecule has 22 heavy (non-hydrogen) atoms. The summed E-state index contributed by atoms with van der Waals surface area (Å²) in [5, 5.41) is 0. The van der Waals surface area contributed by atoms with E-state index in [1.165, 1.54) is 75.3 Å². The van der Waals surface area contributed by atoms with Gasteiger partial charge < -0.3 is 4.98 Å². The van der Waals surface area contributed by atoms with E-state index < -0.39 is 0 Å². The van der Waals surface area contributed by atoms with Crippen molar-refractivity contribution in [3.63, 3.8) is 0 Å². The maximum atomic E-state index is 4.70. The van der Waals surface area contributed by atoms with Crippen molar-refractivity contribution >= 4 is 11.0 Å². The molecular formula is C20H32N2. The second kappa shape index (κ2) is 9.66. The number of nitrogens with zero attached hydrogens (tertiary/aromatic N) is 1. The lowest BCUT2D eigenvalue weighted by Crippen LogP contribution is -1.87. The minimum Gasteiger partial charge on any atom is -0.342 e. The average Bonchev–Trinajstić information content (AvgIpc) is 2.93. The van der Waals surface area contributed by atoms with Crippen molar-refractivity contribution in [2.45, 2.75) is 84.5 Å². The summed E-state index contributed by atoms with van der Waals surface area (Å²) in [6, 6.07) is 6.74. The van der Waals surface area contributed by atoms with Crippen LogP contribution in [0.25, 0.3) is 11.0 Å². The molecule has 0 amide bonds. The first-order chi connectivity index (χ1) is 10.8. The number of aromatic nitrogens is 2. The third kappa shape index (κ3) is 5.47. The molecule has 0 saturated heterocycles. The van der Waals surface area contributed by atoms with E-state index in [-0.39, 0.29) is 0 Å². The standard InChI is InChI=1S/C20H32N2/c1-3-5-7-8-9-11-12-17-14-15-18-19(16-17)22-20(21-18)13-10-6-4-2/h14-16H,3-13H2,1-2H3,(H,21,22). The van der Waals surface area contributed by atoms with E-state index in [1.54, 1.807) is 0 Å². The van der Waals surface area contributed by atoms with E-state index in [0.717, 1.165) is 17.8 Å². The summed E-state index contributed by atoms with van der Waals surface area (Å²) in [6.45, 7) is 4.52. The fraction of sp³-hybridized carbons (Fsp3) is 0.650. The number of imidazole rings is 1. The van der Waals surface area contributed by atoms with Crippen molar-refractivity contribution in [1.82, 2.24) is 9.97 Å². The van der Waals surface area contributed by atoms with Crippen molar-refractivity contribution in [1.29, 1.82) is 0 Å². The smallest absolute Gasteiger partial charge is 0.107 e. The number of H-pyrrole nitrogens is 1. The highest BCUT2D eigenvalue weighted by Crippen LogP contribution is 2.17. The van der Waals surface area contributed by atoms with Crippen LogP contribution in [0, 0.1) is 0 Å². The largest absolute Gasteiger partial charge is 0.342 e. The minimum atomic E-state index is 1.08. The third-order valence-electron chi connectivity index (χ3n) is 4.43. The second-order valence-electron chi connectivity index (χ2n) is 6.51. The zero-order chi connectivity index (χ0) is 15.6. The van der Waals surface area contributed by atoms with Crippen LogP contribution in [0.4, 0.5) is 0 Å². The maximum Gasteiger partial charge on any atom is 0.107 e. The van der Waals surface area contributed by atoms with Crippen molar-refractivity contribution in [3.8, 4) is 0 Å². The number of hydrogen-bond donors (Lipinski definition) is 1. The van der Waals surface area contributed by atoms with Gasteiger partial charge in [0.25, 0.3) is 0 Å². The van der Waals surface area contributed by atoms with Gasteiger partial charge in [-0.05, 0) is 37.0 Å². The predicted octanol–water partition coefficient (Wildman–Crippen LogP) is 6.20. The Hall–Kier alpha value is -1.31. The van der Waals surface area contributed by atoms with Gasteiger partial charge in [0, 0.05) is 6.42 Å². The third-order valence-corrected chi connectivity index (χ3v) is 4.43. The van der Waals surface area contributed by atoms with E-state index in [2.05, 4.69) is 37.0 Å². The number of nitrogens with one attached hydrogen (secondary N) is 1. The first-order valence-electron chi connectivity index (χ1n) is 9.31. The van der Waals surface area contributed by atoms with Gasteiger partial charge in [-0.1, -0.05) is 64.9 Å². The Balaban J connectivity index is 1.81. The molecule has 0 radical (unpaired) electrons. The molecule has 122 valence electrons. The molecule has 0 aliphatic heterocycles. The number of fused-ring (bicyclic) bond motifs is 1. The van der Waals surface area contributed by atoms with Crippen molar-refractivity contribution in [2.24, 2.45) is 0 Å². The summed E-state index contributed by atoms with van der Waals surface area (Å²) >= 11 is 0. The van der Waals surface area contributed by atoms with Gasteiger partial charge in [0.15, 0.2) is 0 Å². The molecule has 2 rings (SSSR count). The summed E-state index contributed by atoms with van der Waals surface area (Å²) in [5.74, 6) is 1.15. The fourth-order valence-electron chi connectivity index (χ4n) is 3.04. The van der Waals surface area contributed by atoms with Crippen LogP contribution in [0.3, 0.4) is 0 Å². The van der Waals surface area contributed by atoms with Crippen molar-refractivity contribution in [3.05, 3.63) is 29.6 Å². The first-order valence-corrected chi connectivity index (χ1v) is 9.31. The fourth-order valence-corrected chi connectivity index (χ4v) is 3.04. The van der Waals surface area contributed by atoms with E-state index in [4.69, 9.17) is 4.98 Å². The topological polar surface area (TPSA) is 28.7 Å². The van der Waals surface area contributed by atoms with Crippen molar-refractivity contribution in [2.75, 3.05) is 0 Å². The van der Waals surface area contributed by atoms with Crippen LogP contribution in [-0.2, 0) is 12.8 Å². The molecule has 0 unspecified atom stereocenters. The van der Waals surface area contributed by atoms with Crippen LogP contribution in [0.15, 0.2) is 18.2 Å². The number of benzene rings is 1. The highest BCUT2D eigenvalue weighted by Gasteiger charge is 2.04. The molecule has 0 aliphatic carbocycles. The Kier molecular flexibility index (Phi) is 7.48. The molecule has 2 aromatic rings. The molecule has 2 nitrogen and oxygen atoms in total. The van der Waals surface area contributed by atoms with Gasteiger partial charge in [0.1, 0.15) is 5.82 Å². The molecule has 1 heterocycles. The quantitative estimate of drug-likeness (QED) is 0.492. The van der Waals surface area contributed by atoms with Gasteiger partial charge in [-0.25, -0.2) is 4.98 Å². The highest BCUT2D eigenvalue weighted by atomic mass is 14.9. The molecule has 0 saturated carbocycles. The van der Waals surface area contributed by atoms with Crippen LogP contribution >= 0.6 is 0 Å². The summed E-state index contributed by atoms with van der Waals surface area (Å²) in [4.78, 5) is 8.20. The first kappa shape index (κ1) is 17.1. The molecule has 0 aliphatic rings. The van der Waals surface area contributed by atoms with Crippen LogP contribution in [0.1, 0.15) is 83.0 Å². The molecule has 1 aromatic carbocycles. The lowest BCUT2D eigenvalue weighted by atomic mass is 10.0. The number of rotatable bonds is 11. The summed E-state index contributed by atoms with van der Waals surface area (Å²) in [6.07, 6.45) is 14.3. The second-order valence-corrected chi connectivity index (χ2v) is 6.51. The zero-order valence-corrected chi connectivity index (χ0v) is 14.5. The lowest BCUT2D eigenvalue weighted by Gasteiger charge is -2.02. The molecule has 1 aromatic heterocycles. The molecule has 0 bridgehead atoms. The summed E-state index contributed by atoms with van der Waals surface area (Å²) in [5.41, 5.74) is 3.79. The summed E-state index contributed by atoms with van der Waals surface area (Å²) in [7, 11) is 0. The molecule has 2 heteroatoms. The molecule has 1 N–H and O–H groups in total. The van der Waals surface area contributed by atoms with Gasteiger partial charge in [0.2, 0.25) is 0 Å². The van der Waals surface area contributed by atoms with E-state index >= 15 is 0 Å².